The standard InChI is InChI=1S/C21H28N4O5/c1-4-25-19(21(27)24-9-11-28-12-10-24)16(14-22-25)23-20(26)15-7-8-17(29-5-2)18(13-15)30-6-3/h7-8,13-14H,4-6,9-12H2,1-3H3,(H,23,26). The molecular weight excluding hydrogens is 388 g/mol. The lowest BCUT2D eigenvalue weighted by molar-refractivity contribution is 0.0295. The summed E-state index contributed by atoms with van der Waals surface area (Å²) in [6, 6.07) is 5.01. The van der Waals surface area contributed by atoms with Crippen LogP contribution in [-0.4, -0.2) is 66.0 Å². The summed E-state index contributed by atoms with van der Waals surface area (Å²) in [5.74, 6) is 0.555. The zero-order valence-corrected chi connectivity index (χ0v) is 17.6. The van der Waals surface area contributed by atoms with Gasteiger partial charge < -0.3 is 24.4 Å². The van der Waals surface area contributed by atoms with Crippen molar-refractivity contribution >= 4 is 17.5 Å². The van der Waals surface area contributed by atoms with E-state index in [9.17, 15) is 9.59 Å². The zero-order valence-electron chi connectivity index (χ0n) is 17.6. The van der Waals surface area contributed by atoms with Crippen LogP contribution < -0.4 is 14.8 Å². The maximum absolute atomic E-state index is 13.1. The molecule has 1 aliphatic heterocycles. The fourth-order valence-corrected chi connectivity index (χ4v) is 3.25. The van der Waals surface area contributed by atoms with Crippen LogP contribution in [0.5, 0.6) is 11.5 Å². The summed E-state index contributed by atoms with van der Waals surface area (Å²) < 4.78 is 18.1. The lowest BCUT2D eigenvalue weighted by atomic mass is 10.1. The van der Waals surface area contributed by atoms with E-state index in [0.717, 1.165) is 0 Å². The van der Waals surface area contributed by atoms with Gasteiger partial charge in [-0.05, 0) is 39.0 Å². The van der Waals surface area contributed by atoms with Gasteiger partial charge >= 0.3 is 0 Å². The number of aromatic nitrogens is 2. The summed E-state index contributed by atoms with van der Waals surface area (Å²) in [6.07, 6.45) is 1.51. The fourth-order valence-electron chi connectivity index (χ4n) is 3.25. The molecule has 30 heavy (non-hydrogen) atoms. The highest BCUT2D eigenvalue weighted by atomic mass is 16.5. The zero-order chi connectivity index (χ0) is 21.5. The molecule has 2 heterocycles. The number of anilines is 1. The molecule has 1 N–H and O–H groups in total. The number of hydrogen-bond donors (Lipinski definition) is 1. The third-order valence-corrected chi connectivity index (χ3v) is 4.69. The van der Waals surface area contributed by atoms with E-state index in [-0.39, 0.29) is 11.8 Å². The van der Waals surface area contributed by atoms with Gasteiger partial charge in [-0.1, -0.05) is 0 Å². The van der Waals surface area contributed by atoms with Crippen molar-refractivity contribution in [2.75, 3.05) is 44.8 Å². The van der Waals surface area contributed by atoms with Gasteiger partial charge in [0.2, 0.25) is 0 Å². The van der Waals surface area contributed by atoms with E-state index in [4.69, 9.17) is 14.2 Å². The maximum Gasteiger partial charge on any atom is 0.274 e. The average Bonchev–Trinajstić information content (AvgIpc) is 3.17. The lowest BCUT2D eigenvalue weighted by Gasteiger charge is -2.27. The van der Waals surface area contributed by atoms with Crippen LogP contribution in [0.4, 0.5) is 5.69 Å². The molecule has 9 nitrogen and oxygen atoms in total. The third kappa shape index (κ3) is 4.73. The van der Waals surface area contributed by atoms with E-state index >= 15 is 0 Å². The summed E-state index contributed by atoms with van der Waals surface area (Å²) in [5, 5.41) is 7.09. The predicted molar refractivity (Wildman–Crippen MR) is 111 cm³/mol. The molecule has 0 spiro atoms. The molecule has 2 aromatic rings. The summed E-state index contributed by atoms with van der Waals surface area (Å²) in [6.45, 7) is 9.13. The summed E-state index contributed by atoms with van der Waals surface area (Å²) in [5.41, 5.74) is 1.14. The van der Waals surface area contributed by atoms with E-state index in [1.54, 1.807) is 27.8 Å². The van der Waals surface area contributed by atoms with Crippen LogP contribution in [0.2, 0.25) is 0 Å². The average molecular weight is 416 g/mol. The van der Waals surface area contributed by atoms with Crippen LogP contribution in [0.25, 0.3) is 0 Å². The number of aryl methyl sites for hydroxylation is 1. The van der Waals surface area contributed by atoms with Crippen molar-refractivity contribution in [1.29, 1.82) is 0 Å². The largest absolute Gasteiger partial charge is 0.490 e. The second-order valence-corrected chi connectivity index (χ2v) is 6.61. The molecule has 9 heteroatoms. The molecule has 0 bridgehead atoms. The Kier molecular flexibility index (Phi) is 7.29. The molecular formula is C21H28N4O5. The maximum atomic E-state index is 13.1. The Bertz CT molecular complexity index is 890. The molecule has 3 rings (SSSR count). The van der Waals surface area contributed by atoms with Crippen molar-refractivity contribution in [2.24, 2.45) is 0 Å². The molecule has 0 saturated carbocycles. The third-order valence-electron chi connectivity index (χ3n) is 4.69. The highest BCUT2D eigenvalue weighted by Gasteiger charge is 2.26. The summed E-state index contributed by atoms with van der Waals surface area (Å²) in [4.78, 5) is 27.7. The summed E-state index contributed by atoms with van der Waals surface area (Å²) >= 11 is 0. The number of amides is 2. The van der Waals surface area contributed by atoms with Gasteiger partial charge in [0.1, 0.15) is 5.69 Å². The number of nitrogens with zero attached hydrogens (tertiary/aromatic N) is 3. The van der Waals surface area contributed by atoms with Gasteiger partial charge in [-0.2, -0.15) is 5.10 Å². The van der Waals surface area contributed by atoms with Crippen LogP contribution in [0.15, 0.2) is 24.4 Å². The van der Waals surface area contributed by atoms with Gasteiger partial charge in [-0.25, -0.2) is 0 Å². The molecule has 1 aliphatic rings. The smallest absolute Gasteiger partial charge is 0.274 e. The van der Waals surface area contributed by atoms with Gasteiger partial charge in [-0.15, -0.1) is 0 Å². The number of nitrogens with one attached hydrogen (secondary N) is 1. The van der Waals surface area contributed by atoms with E-state index in [2.05, 4.69) is 10.4 Å². The van der Waals surface area contributed by atoms with Crippen LogP contribution in [-0.2, 0) is 11.3 Å². The number of carbonyl (C=O) groups is 2. The number of hydrogen-bond acceptors (Lipinski definition) is 6. The van der Waals surface area contributed by atoms with E-state index in [1.165, 1.54) is 6.20 Å². The normalized spacial score (nSPS) is 13.8. The highest BCUT2D eigenvalue weighted by Crippen LogP contribution is 2.29. The molecule has 1 saturated heterocycles. The first-order valence-corrected chi connectivity index (χ1v) is 10.2. The number of benzene rings is 1. The van der Waals surface area contributed by atoms with E-state index in [1.807, 2.05) is 20.8 Å². The first kappa shape index (κ1) is 21.6. The van der Waals surface area contributed by atoms with E-state index < -0.39 is 0 Å². The first-order valence-electron chi connectivity index (χ1n) is 10.2. The van der Waals surface area contributed by atoms with Crippen LogP contribution in [0.3, 0.4) is 0 Å². The predicted octanol–water partition coefficient (Wildman–Crippen LogP) is 2.43. The summed E-state index contributed by atoms with van der Waals surface area (Å²) in [7, 11) is 0. The Balaban J connectivity index is 1.84. The van der Waals surface area contributed by atoms with Gasteiger partial charge in [0.15, 0.2) is 11.5 Å². The van der Waals surface area contributed by atoms with Crippen LogP contribution >= 0.6 is 0 Å². The molecule has 1 fully saturated rings. The molecule has 162 valence electrons. The van der Waals surface area contributed by atoms with Gasteiger partial charge in [0, 0.05) is 25.2 Å². The molecule has 1 aromatic heterocycles. The minimum absolute atomic E-state index is 0.172. The Morgan fingerprint density at radius 1 is 1.10 bits per heavy atom. The van der Waals surface area contributed by atoms with Gasteiger partial charge in [-0.3, -0.25) is 14.3 Å². The Hall–Kier alpha value is -3.07. The Morgan fingerprint density at radius 2 is 1.80 bits per heavy atom. The topological polar surface area (TPSA) is 94.9 Å². The number of ether oxygens (including phenoxy) is 3. The van der Waals surface area contributed by atoms with Gasteiger partial charge in [0.25, 0.3) is 11.8 Å². The molecule has 2 amide bonds. The monoisotopic (exact) mass is 416 g/mol. The van der Waals surface area contributed by atoms with Crippen molar-refractivity contribution in [2.45, 2.75) is 27.3 Å². The lowest BCUT2D eigenvalue weighted by Crippen LogP contribution is -2.41. The Morgan fingerprint density at radius 3 is 2.47 bits per heavy atom. The molecule has 1 aromatic carbocycles. The minimum Gasteiger partial charge on any atom is -0.490 e. The van der Waals surface area contributed by atoms with Crippen LogP contribution in [0.1, 0.15) is 41.6 Å². The van der Waals surface area contributed by atoms with E-state index in [0.29, 0.717) is 74.5 Å². The minimum atomic E-state index is -0.356. The fraction of sp³-hybridized carbons (Fsp3) is 0.476. The molecule has 0 radical (unpaired) electrons. The number of rotatable bonds is 8. The van der Waals surface area contributed by atoms with Crippen molar-refractivity contribution in [3.05, 3.63) is 35.7 Å². The quantitative estimate of drug-likeness (QED) is 0.710. The molecule has 0 atom stereocenters. The van der Waals surface area contributed by atoms with Crippen molar-refractivity contribution in [3.8, 4) is 11.5 Å². The van der Waals surface area contributed by atoms with Crippen molar-refractivity contribution < 1.29 is 23.8 Å². The Labute approximate surface area is 175 Å². The van der Waals surface area contributed by atoms with Crippen molar-refractivity contribution in [1.82, 2.24) is 14.7 Å². The van der Waals surface area contributed by atoms with Crippen LogP contribution in [0, 0.1) is 0 Å². The second-order valence-electron chi connectivity index (χ2n) is 6.61. The van der Waals surface area contributed by atoms with Gasteiger partial charge in [0.05, 0.1) is 38.3 Å². The van der Waals surface area contributed by atoms with Crippen molar-refractivity contribution in [3.63, 3.8) is 0 Å². The number of carbonyl (C=O) groups excluding carboxylic acids is 2. The SMILES string of the molecule is CCOc1ccc(C(=O)Nc2cnn(CC)c2C(=O)N2CCOCC2)cc1OCC. The first-order chi connectivity index (χ1) is 14.6. The number of morpholine rings is 1. The second kappa shape index (κ2) is 10.1. The molecule has 0 unspecified atom stereocenters. The molecule has 0 aliphatic carbocycles. The highest BCUT2D eigenvalue weighted by molar-refractivity contribution is 6.08.